The normalized spacial score (nSPS) is 13.7. The Kier molecular flexibility index (Phi) is 5.14. The molecule has 3 rings (SSSR count). The highest BCUT2D eigenvalue weighted by Crippen LogP contribution is 2.38. The zero-order chi connectivity index (χ0) is 20.5. The lowest BCUT2D eigenvalue weighted by Crippen LogP contribution is -2.19. The molecule has 0 aliphatic heterocycles. The maximum absolute atomic E-state index is 12.8. The zero-order valence-corrected chi connectivity index (χ0v) is 14.4. The fourth-order valence-corrected chi connectivity index (χ4v) is 3.00. The maximum atomic E-state index is 12.8. The smallest absolute Gasteiger partial charge is 0.166 e. The van der Waals surface area contributed by atoms with Gasteiger partial charge in [0.05, 0.1) is 17.2 Å². The van der Waals surface area contributed by atoms with Crippen molar-refractivity contribution in [3.8, 4) is 0 Å². The van der Waals surface area contributed by atoms with Crippen molar-refractivity contribution in [1.82, 2.24) is 20.2 Å². The van der Waals surface area contributed by atoms with E-state index >= 15 is 0 Å². The van der Waals surface area contributed by atoms with Crippen molar-refractivity contribution in [3.05, 3.63) is 77.1 Å². The molecule has 0 radical (unpaired) electrons. The van der Waals surface area contributed by atoms with Crippen LogP contribution >= 0.6 is 0 Å². The molecule has 2 aromatic carbocycles. The SMILES string of the molecule is CC(C(c1ccc(C(F)(F)F)cc1)c1ccc(C(F)(F)F)cc1)n1ncnn1. The molecule has 0 amide bonds. The van der Waals surface area contributed by atoms with Crippen LogP contribution in [0.2, 0.25) is 0 Å². The summed E-state index contributed by atoms with van der Waals surface area (Å²) >= 11 is 0. The Hall–Kier alpha value is -2.91. The largest absolute Gasteiger partial charge is 0.416 e. The lowest BCUT2D eigenvalue weighted by Gasteiger charge is -2.24. The minimum atomic E-state index is -4.48. The fourth-order valence-electron chi connectivity index (χ4n) is 3.00. The Balaban J connectivity index is 2.03. The summed E-state index contributed by atoms with van der Waals surface area (Å²) in [7, 11) is 0. The first-order valence-corrected chi connectivity index (χ1v) is 8.14. The van der Waals surface area contributed by atoms with Crippen LogP contribution < -0.4 is 0 Å². The molecule has 0 saturated carbocycles. The van der Waals surface area contributed by atoms with Crippen LogP contribution in [-0.2, 0) is 12.4 Å². The molecule has 0 N–H and O–H groups in total. The molecule has 3 aromatic rings. The predicted molar refractivity (Wildman–Crippen MR) is 87.3 cm³/mol. The minimum absolute atomic E-state index is 0.484. The molecule has 0 bridgehead atoms. The standard InChI is InChI=1S/C18H14F6N4/c1-11(28-26-10-25-27-28)16(12-2-6-14(7-3-12)17(19,20)21)13-4-8-15(9-5-13)18(22,23)24/h2-11,16H,1H3. The molecule has 0 fully saturated rings. The van der Waals surface area contributed by atoms with Crippen molar-refractivity contribution in [3.63, 3.8) is 0 Å². The highest BCUT2D eigenvalue weighted by molar-refractivity contribution is 5.37. The highest BCUT2D eigenvalue weighted by atomic mass is 19.4. The topological polar surface area (TPSA) is 43.6 Å². The molecule has 28 heavy (non-hydrogen) atoms. The van der Waals surface area contributed by atoms with Crippen LogP contribution in [0.25, 0.3) is 0 Å². The first kappa shape index (κ1) is 19.8. The summed E-state index contributed by atoms with van der Waals surface area (Å²) in [6.07, 6.45) is -7.77. The van der Waals surface area contributed by atoms with Crippen molar-refractivity contribution in [1.29, 1.82) is 0 Å². The molecule has 0 saturated heterocycles. The van der Waals surface area contributed by atoms with Crippen LogP contribution in [0.15, 0.2) is 54.9 Å². The van der Waals surface area contributed by atoms with Gasteiger partial charge in [0, 0.05) is 5.92 Å². The molecule has 10 heteroatoms. The molecule has 1 heterocycles. The Morgan fingerprint density at radius 2 is 1.18 bits per heavy atom. The van der Waals surface area contributed by atoms with E-state index in [0.717, 1.165) is 24.3 Å². The number of nitrogens with zero attached hydrogens (tertiary/aromatic N) is 4. The number of benzene rings is 2. The van der Waals surface area contributed by atoms with Crippen molar-refractivity contribution < 1.29 is 26.3 Å². The second-order valence-electron chi connectivity index (χ2n) is 6.21. The van der Waals surface area contributed by atoms with E-state index in [1.807, 2.05) is 0 Å². The average Bonchev–Trinajstić information content (AvgIpc) is 3.16. The van der Waals surface area contributed by atoms with Gasteiger partial charge < -0.3 is 0 Å². The average molecular weight is 400 g/mol. The van der Waals surface area contributed by atoms with Crippen LogP contribution in [0.4, 0.5) is 26.3 Å². The molecule has 0 aliphatic rings. The van der Waals surface area contributed by atoms with Crippen LogP contribution in [0.1, 0.15) is 41.1 Å². The van der Waals surface area contributed by atoms with Crippen molar-refractivity contribution >= 4 is 0 Å². The number of aromatic nitrogens is 4. The quantitative estimate of drug-likeness (QED) is 0.572. The second-order valence-corrected chi connectivity index (χ2v) is 6.21. The number of halogens is 6. The zero-order valence-electron chi connectivity index (χ0n) is 14.4. The van der Waals surface area contributed by atoms with E-state index in [4.69, 9.17) is 0 Å². The van der Waals surface area contributed by atoms with E-state index in [1.165, 1.54) is 35.4 Å². The first-order chi connectivity index (χ1) is 13.1. The van der Waals surface area contributed by atoms with Crippen molar-refractivity contribution in [2.45, 2.75) is 31.2 Å². The minimum Gasteiger partial charge on any atom is -0.166 e. The summed E-state index contributed by atoms with van der Waals surface area (Å²) < 4.78 is 77.1. The Morgan fingerprint density at radius 1 is 0.750 bits per heavy atom. The van der Waals surface area contributed by atoms with Crippen molar-refractivity contribution in [2.75, 3.05) is 0 Å². The van der Waals surface area contributed by atoms with Crippen LogP contribution in [-0.4, -0.2) is 20.2 Å². The Morgan fingerprint density at radius 3 is 1.50 bits per heavy atom. The van der Waals surface area contributed by atoms with E-state index in [9.17, 15) is 26.3 Å². The van der Waals surface area contributed by atoms with Crippen LogP contribution in [0.3, 0.4) is 0 Å². The highest BCUT2D eigenvalue weighted by Gasteiger charge is 2.33. The summed E-state index contributed by atoms with van der Waals surface area (Å²) in [6.45, 7) is 1.71. The van der Waals surface area contributed by atoms with E-state index in [1.54, 1.807) is 6.92 Å². The lowest BCUT2D eigenvalue weighted by molar-refractivity contribution is -0.138. The van der Waals surface area contributed by atoms with Gasteiger partial charge >= 0.3 is 12.4 Å². The number of tetrazole rings is 1. The summed E-state index contributed by atoms with van der Waals surface area (Å²) in [5, 5.41) is 11.3. The van der Waals surface area contributed by atoms with Gasteiger partial charge in [0.25, 0.3) is 0 Å². The summed E-state index contributed by atoms with van der Waals surface area (Å²) in [5.41, 5.74) is -0.655. The van der Waals surface area contributed by atoms with Gasteiger partial charge in [-0.3, -0.25) is 0 Å². The molecule has 4 nitrogen and oxygen atoms in total. The van der Waals surface area contributed by atoms with Gasteiger partial charge in [-0.15, -0.1) is 10.2 Å². The number of hydrogen-bond acceptors (Lipinski definition) is 3. The molecule has 1 unspecified atom stereocenters. The third-order valence-corrected chi connectivity index (χ3v) is 4.41. The van der Waals surface area contributed by atoms with E-state index in [2.05, 4.69) is 15.4 Å². The molecule has 1 atom stereocenters. The predicted octanol–water partition coefficient (Wildman–Crippen LogP) is 5.10. The lowest BCUT2D eigenvalue weighted by atomic mass is 9.85. The van der Waals surface area contributed by atoms with Crippen LogP contribution in [0, 0.1) is 0 Å². The van der Waals surface area contributed by atoms with Crippen LogP contribution in [0.5, 0.6) is 0 Å². The van der Waals surface area contributed by atoms with Gasteiger partial charge in [-0.1, -0.05) is 24.3 Å². The van der Waals surface area contributed by atoms with Gasteiger partial charge in [0.15, 0.2) is 6.33 Å². The van der Waals surface area contributed by atoms with Gasteiger partial charge in [-0.05, 0) is 47.5 Å². The third kappa shape index (κ3) is 4.15. The summed E-state index contributed by atoms with van der Waals surface area (Å²) in [4.78, 5) is 1.26. The summed E-state index contributed by atoms with van der Waals surface area (Å²) in [6, 6.07) is 8.47. The van der Waals surface area contributed by atoms with Gasteiger partial charge in [0.1, 0.15) is 0 Å². The van der Waals surface area contributed by atoms with E-state index in [-0.39, 0.29) is 0 Å². The molecule has 1 aromatic heterocycles. The summed E-state index contributed by atoms with van der Waals surface area (Å²) in [5.74, 6) is -0.584. The van der Waals surface area contributed by atoms with Gasteiger partial charge in [0.2, 0.25) is 0 Å². The first-order valence-electron chi connectivity index (χ1n) is 8.14. The fraction of sp³-hybridized carbons (Fsp3) is 0.278. The van der Waals surface area contributed by atoms with Gasteiger partial charge in [-0.2, -0.15) is 31.1 Å². The monoisotopic (exact) mass is 400 g/mol. The Labute approximate surface area is 155 Å². The molecular weight excluding hydrogens is 386 g/mol. The molecule has 0 spiro atoms. The number of alkyl halides is 6. The molecular formula is C18H14F6N4. The third-order valence-electron chi connectivity index (χ3n) is 4.41. The number of rotatable bonds is 4. The van der Waals surface area contributed by atoms with E-state index in [0.29, 0.717) is 11.1 Å². The molecule has 0 aliphatic carbocycles. The molecule has 148 valence electrons. The van der Waals surface area contributed by atoms with Crippen molar-refractivity contribution in [2.24, 2.45) is 0 Å². The van der Waals surface area contributed by atoms with Gasteiger partial charge in [-0.25, -0.2) is 0 Å². The maximum Gasteiger partial charge on any atom is 0.416 e. The number of hydrogen-bond donors (Lipinski definition) is 0. The second kappa shape index (κ2) is 7.25. The Bertz CT molecular complexity index is 842. The van der Waals surface area contributed by atoms with E-state index < -0.39 is 35.4 Å².